The molecule has 0 heterocycles. The summed E-state index contributed by atoms with van der Waals surface area (Å²) < 4.78 is 29.1. The van der Waals surface area contributed by atoms with Crippen LogP contribution >= 0.6 is 34.2 Å². The summed E-state index contributed by atoms with van der Waals surface area (Å²) in [5.41, 5.74) is 1.37. The number of amides is 1. The molecule has 0 aromatic heterocycles. The predicted octanol–water partition coefficient (Wildman–Crippen LogP) is 4.47. The van der Waals surface area contributed by atoms with Crippen LogP contribution < -0.4 is 10.0 Å². The van der Waals surface area contributed by atoms with Gasteiger partial charge in [0.25, 0.3) is 0 Å². The highest BCUT2D eigenvalue weighted by molar-refractivity contribution is 14.1. The van der Waals surface area contributed by atoms with Crippen LogP contribution in [0.4, 0.5) is 5.69 Å². The molecule has 3 aromatic rings. The maximum Gasteiger partial charge on any atom is 0.242 e. The molecule has 0 unspecified atom stereocenters. The molecule has 3 aromatic carbocycles. The second-order valence-corrected chi connectivity index (χ2v) is 9.71. The summed E-state index contributed by atoms with van der Waals surface area (Å²) in [4.78, 5) is 13.0. The van der Waals surface area contributed by atoms with Crippen LogP contribution in [0.1, 0.15) is 5.56 Å². The summed E-state index contributed by atoms with van der Waals surface area (Å²) in [6.07, 6.45) is 0.212. The van der Waals surface area contributed by atoms with Gasteiger partial charge in [-0.25, -0.2) is 8.42 Å². The first kappa shape index (κ1) is 21.8. The fourth-order valence-electron chi connectivity index (χ4n) is 2.67. The Hall–Kier alpha value is -1.94. The number of carbonyl (C=O) groups excluding carboxylic acids is 1. The van der Waals surface area contributed by atoms with Crippen molar-refractivity contribution < 1.29 is 13.2 Å². The quantitative estimate of drug-likeness (QED) is 0.434. The first-order valence-electron chi connectivity index (χ1n) is 8.72. The fraction of sp³-hybridized carbons (Fsp3) is 0.0952. The highest BCUT2D eigenvalue weighted by Crippen LogP contribution is 2.16. The summed E-state index contributed by atoms with van der Waals surface area (Å²) in [7, 11) is -3.88. The lowest BCUT2D eigenvalue weighted by atomic mass is 10.1. The summed E-state index contributed by atoms with van der Waals surface area (Å²) >= 11 is 7.98. The molecule has 0 spiro atoms. The molecule has 0 saturated heterocycles. The van der Waals surface area contributed by atoms with Gasteiger partial charge in [-0.1, -0.05) is 41.9 Å². The molecular formula is C21H18ClIN2O3S. The normalized spacial score (nSPS) is 12.3. The van der Waals surface area contributed by atoms with E-state index in [2.05, 4.69) is 32.6 Å². The molecule has 5 nitrogen and oxygen atoms in total. The smallest absolute Gasteiger partial charge is 0.242 e. The number of anilines is 1. The number of nitrogens with one attached hydrogen (secondary N) is 2. The Labute approximate surface area is 188 Å². The minimum atomic E-state index is -3.88. The summed E-state index contributed by atoms with van der Waals surface area (Å²) in [6.45, 7) is 0. The molecular weight excluding hydrogens is 523 g/mol. The maximum atomic E-state index is 12.9. The van der Waals surface area contributed by atoms with Crippen LogP contribution in [0.2, 0.25) is 5.02 Å². The number of rotatable bonds is 7. The van der Waals surface area contributed by atoms with Gasteiger partial charge in [0.1, 0.15) is 6.04 Å². The van der Waals surface area contributed by atoms with E-state index < -0.39 is 22.0 Å². The molecule has 1 atom stereocenters. The van der Waals surface area contributed by atoms with Gasteiger partial charge in [-0.05, 0) is 83.1 Å². The molecule has 3 rings (SSSR count). The lowest BCUT2D eigenvalue weighted by Crippen LogP contribution is -2.45. The Morgan fingerprint density at radius 3 is 2.17 bits per heavy atom. The summed E-state index contributed by atoms with van der Waals surface area (Å²) in [6, 6.07) is 21.3. The van der Waals surface area contributed by atoms with Crippen molar-refractivity contribution in [3.05, 3.63) is 93.0 Å². The van der Waals surface area contributed by atoms with E-state index in [1.807, 2.05) is 30.3 Å². The van der Waals surface area contributed by atoms with E-state index in [-0.39, 0.29) is 11.3 Å². The molecule has 0 saturated carbocycles. The number of hydrogen-bond donors (Lipinski definition) is 2. The molecule has 2 N–H and O–H groups in total. The van der Waals surface area contributed by atoms with Crippen LogP contribution in [0.25, 0.3) is 0 Å². The third-order valence-electron chi connectivity index (χ3n) is 4.13. The van der Waals surface area contributed by atoms with E-state index in [0.717, 1.165) is 9.13 Å². The van der Waals surface area contributed by atoms with Gasteiger partial charge in [-0.2, -0.15) is 4.72 Å². The molecule has 0 aliphatic heterocycles. The monoisotopic (exact) mass is 540 g/mol. The second kappa shape index (κ2) is 9.71. The van der Waals surface area contributed by atoms with Gasteiger partial charge in [0.15, 0.2) is 0 Å². The van der Waals surface area contributed by atoms with Gasteiger partial charge in [-0.3, -0.25) is 4.79 Å². The number of hydrogen-bond acceptors (Lipinski definition) is 3. The van der Waals surface area contributed by atoms with E-state index in [1.165, 1.54) is 12.1 Å². The molecule has 0 fully saturated rings. The van der Waals surface area contributed by atoms with Crippen molar-refractivity contribution in [2.24, 2.45) is 0 Å². The summed E-state index contributed by atoms with van der Waals surface area (Å²) in [5.74, 6) is -0.453. The Morgan fingerprint density at radius 1 is 0.931 bits per heavy atom. The Morgan fingerprint density at radius 2 is 1.55 bits per heavy atom. The van der Waals surface area contributed by atoms with Crippen molar-refractivity contribution in [2.75, 3.05) is 5.32 Å². The molecule has 1 amide bonds. The van der Waals surface area contributed by atoms with E-state index in [1.54, 1.807) is 36.4 Å². The van der Waals surface area contributed by atoms with Crippen molar-refractivity contribution in [1.82, 2.24) is 4.72 Å². The number of halogens is 2. The Bertz CT molecular complexity index is 1070. The highest BCUT2D eigenvalue weighted by atomic mass is 127. The van der Waals surface area contributed by atoms with Crippen molar-refractivity contribution in [2.45, 2.75) is 17.4 Å². The zero-order chi connectivity index (χ0) is 20.9. The van der Waals surface area contributed by atoms with Crippen LogP contribution in [0, 0.1) is 3.57 Å². The van der Waals surface area contributed by atoms with Crippen molar-refractivity contribution in [3.8, 4) is 0 Å². The largest absolute Gasteiger partial charge is 0.325 e. The zero-order valence-electron chi connectivity index (χ0n) is 15.2. The second-order valence-electron chi connectivity index (χ2n) is 6.31. The van der Waals surface area contributed by atoms with Crippen LogP contribution in [0.5, 0.6) is 0 Å². The lowest BCUT2D eigenvalue weighted by molar-refractivity contribution is -0.117. The van der Waals surface area contributed by atoms with Crippen molar-refractivity contribution in [3.63, 3.8) is 0 Å². The minimum Gasteiger partial charge on any atom is -0.325 e. The Kier molecular flexibility index (Phi) is 7.28. The first-order valence-corrected chi connectivity index (χ1v) is 11.7. The van der Waals surface area contributed by atoms with Crippen LogP contribution in [0.15, 0.2) is 83.8 Å². The highest BCUT2D eigenvalue weighted by Gasteiger charge is 2.26. The van der Waals surface area contributed by atoms with E-state index >= 15 is 0 Å². The predicted molar refractivity (Wildman–Crippen MR) is 123 cm³/mol. The van der Waals surface area contributed by atoms with Gasteiger partial charge < -0.3 is 5.32 Å². The first-order chi connectivity index (χ1) is 13.8. The molecule has 0 radical (unpaired) electrons. The van der Waals surface area contributed by atoms with Gasteiger partial charge in [0, 0.05) is 14.3 Å². The van der Waals surface area contributed by atoms with Gasteiger partial charge in [-0.15, -0.1) is 0 Å². The average molecular weight is 541 g/mol. The standard InChI is InChI=1S/C21H18ClIN2O3S/c22-16-6-10-18(11-7-16)24-21(26)20(14-15-4-2-1-3-5-15)25-29(27,28)19-12-8-17(23)9-13-19/h1-13,20,25H,14H2,(H,24,26)/t20-/m0/s1. The summed E-state index contributed by atoms with van der Waals surface area (Å²) in [5, 5.41) is 3.29. The molecule has 0 bridgehead atoms. The molecule has 8 heteroatoms. The third-order valence-corrected chi connectivity index (χ3v) is 6.59. The number of benzene rings is 3. The topological polar surface area (TPSA) is 75.3 Å². The maximum absolute atomic E-state index is 12.9. The average Bonchev–Trinajstić information content (AvgIpc) is 2.70. The zero-order valence-corrected chi connectivity index (χ0v) is 18.9. The van der Waals surface area contributed by atoms with Gasteiger partial charge in [0.05, 0.1) is 4.90 Å². The van der Waals surface area contributed by atoms with Crippen molar-refractivity contribution >= 4 is 55.8 Å². The fourth-order valence-corrected chi connectivity index (χ4v) is 4.35. The van der Waals surface area contributed by atoms with E-state index in [0.29, 0.717) is 10.7 Å². The molecule has 0 aliphatic rings. The van der Waals surface area contributed by atoms with E-state index in [4.69, 9.17) is 11.6 Å². The third kappa shape index (κ3) is 6.27. The molecule has 29 heavy (non-hydrogen) atoms. The number of sulfonamides is 1. The molecule has 0 aliphatic carbocycles. The van der Waals surface area contributed by atoms with Crippen LogP contribution in [-0.4, -0.2) is 20.4 Å². The van der Waals surface area contributed by atoms with Gasteiger partial charge in [0.2, 0.25) is 15.9 Å². The Balaban J connectivity index is 1.84. The molecule has 150 valence electrons. The van der Waals surface area contributed by atoms with Gasteiger partial charge >= 0.3 is 0 Å². The SMILES string of the molecule is O=C(Nc1ccc(Cl)cc1)[C@H](Cc1ccccc1)NS(=O)(=O)c1ccc(I)cc1. The van der Waals surface area contributed by atoms with E-state index in [9.17, 15) is 13.2 Å². The lowest BCUT2D eigenvalue weighted by Gasteiger charge is -2.19. The van der Waals surface area contributed by atoms with Crippen LogP contribution in [-0.2, 0) is 21.2 Å². The van der Waals surface area contributed by atoms with Crippen molar-refractivity contribution in [1.29, 1.82) is 0 Å². The van der Waals surface area contributed by atoms with Crippen LogP contribution in [0.3, 0.4) is 0 Å². The number of carbonyl (C=O) groups is 1. The minimum absolute atomic E-state index is 0.107.